The van der Waals surface area contributed by atoms with E-state index in [1.165, 1.54) is 26.2 Å². The number of methoxy groups -OCH3 is 1. The molecule has 0 fully saturated rings. The summed E-state index contributed by atoms with van der Waals surface area (Å²) in [6.45, 7) is 3.06. The summed E-state index contributed by atoms with van der Waals surface area (Å²) in [6.07, 6.45) is 0. The molecular formula is C10H11NO4. The standard InChI is InChI=1S/C10H11NO4/c1-6-9(7(2)12)4-8(11(13)14)5-10(6)15-3/h4-5H,1-3H3. The Morgan fingerprint density at radius 3 is 2.47 bits per heavy atom. The normalized spacial score (nSPS) is 9.80. The van der Waals surface area contributed by atoms with Gasteiger partial charge in [0, 0.05) is 17.2 Å². The van der Waals surface area contributed by atoms with Crippen molar-refractivity contribution in [2.24, 2.45) is 0 Å². The van der Waals surface area contributed by atoms with Gasteiger partial charge in [-0.1, -0.05) is 0 Å². The fraction of sp³-hybridized carbons (Fsp3) is 0.300. The molecule has 0 aliphatic heterocycles. The second kappa shape index (κ2) is 4.08. The van der Waals surface area contributed by atoms with Gasteiger partial charge in [0.2, 0.25) is 0 Å². The number of hydrogen-bond acceptors (Lipinski definition) is 4. The zero-order chi connectivity index (χ0) is 11.6. The number of ether oxygens (including phenoxy) is 1. The molecule has 5 heteroatoms. The summed E-state index contributed by atoms with van der Waals surface area (Å²) in [5, 5.41) is 10.6. The zero-order valence-corrected chi connectivity index (χ0v) is 8.73. The molecule has 80 valence electrons. The molecule has 0 aliphatic carbocycles. The van der Waals surface area contributed by atoms with Gasteiger partial charge in [-0.3, -0.25) is 14.9 Å². The molecule has 0 heterocycles. The van der Waals surface area contributed by atoms with Gasteiger partial charge in [-0.2, -0.15) is 0 Å². The van der Waals surface area contributed by atoms with Crippen LogP contribution in [0.25, 0.3) is 0 Å². The molecule has 0 amide bonds. The fourth-order valence-electron chi connectivity index (χ4n) is 1.36. The molecule has 0 N–H and O–H groups in total. The van der Waals surface area contributed by atoms with Gasteiger partial charge in [-0.15, -0.1) is 0 Å². The molecule has 0 aromatic heterocycles. The molecule has 0 aliphatic rings. The Kier molecular flexibility index (Phi) is 3.04. The number of ketones is 1. The summed E-state index contributed by atoms with van der Waals surface area (Å²) in [4.78, 5) is 21.3. The molecule has 1 aromatic rings. The van der Waals surface area contributed by atoms with Crippen molar-refractivity contribution in [2.75, 3.05) is 7.11 Å². The highest BCUT2D eigenvalue weighted by Gasteiger charge is 2.16. The molecular weight excluding hydrogens is 198 g/mol. The second-order valence-corrected chi connectivity index (χ2v) is 3.13. The Morgan fingerprint density at radius 2 is 2.07 bits per heavy atom. The molecule has 5 nitrogen and oxygen atoms in total. The van der Waals surface area contributed by atoms with Crippen molar-refractivity contribution in [1.29, 1.82) is 0 Å². The van der Waals surface area contributed by atoms with Gasteiger partial charge < -0.3 is 4.74 Å². The first-order valence-corrected chi connectivity index (χ1v) is 4.31. The van der Waals surface area contributed by atoms with Crippen molar-refractivity contribution >= 4 is 11.5 Å². The van der Waals surface area contributed by atoms with Crippen LogP contribution in [0.4, 0.5) is 5.69 Å². The Bertz CT molecular complexity index is 426. The van der Waals surface area contributed by atoms with E-state index in [0.717, 1.165) is 0 Å². The average Bonchev–Trinajstić information content (AvgIpc) is 2.17. The van der Waals surface area contributed by atoms with Crippen molar-refractivity contribution in [2.45, 2.75) is 13.8 Å². The minimum absolute atomic E-state index is 0.136. The lowest BCUT2D eigenvalue weighted by molar-refractivity contribution is -0.385. The maximum atomic E-state index is 11.2. The van der Waals surface area contributed by atoms with Crippen LogP contribution in [0.3, 0.4) is 0 Å². The smallest absolute Gasteiger partial charge is 0.273 e. The monoisotopic (exact) mass is 209 g/mol. The fourth-order valence-corrected chi connectivity index (χ4v) is 1.36. The van der Waals surface area contributed by atoms with Gasteiger partial charge in [0.1, 0.15) is 5.75 Å². The molecule has 15 heavy (non-hydrogen) atoms. The third-order valence-corrected chi connectivity index (χ3v) is 2.15. The van der Waals surface area contributed by atoms with Crippen molar-refractivity contribution in [3.8, 4) is 5.75 Å². The Balaban J connectivity index is 3.45. The van der Waals surface area contributed by atoms with Crippen LogP contribution in [-0.4, -0.2) is 17.8 Å². The third-order valence-electron chi connectivity index (χ3n) is 2.15. The maximum absolute atomic E-state index is 11.2. The van der Waals surface area contributed by atoms with Crippen molar-refractivity contribution in [3.05, 3.63) is 33.4 Å². The van der Waals surface area contributed by atoms with E-state index in [9.17, 15) is 14.9 Å². The summed E-state index contributed by atoms with van der Waals surface area (Å²) < 4.78 is 4.97. The molecule has 0 saturated carbocycles. The van der Waals surface area contributed by atoms with Crippen LogP contribution in [0.1, 0.15) is 22.8 Å². The Hall–Kier alpha value is -1.91. The number of Topliss-reactive ketones (excluding diaryl/α,β-unsaturated/α-hetero) is 1. The topological polar surface area (TPSA) is 69.4 Å². The quantitative estimate of drug-likeness (QED) is 0.434. The number of non-ortho nitro benzene ring substituents is 1. The molecule has 1 rings (SSSR count). The lowest BCUT2D eigenvalue weighted by Crippen LogP contribution is -2.01. The molecule has 0 radical (unpaired) electrons. The summed E-state index contributed by atoms with van der Waals surface area (Å²) in [7, 11) is 1.41. The molecule has 0 unspecified atom stereocenters. The van der Waals surface area contributed by atoms with Crippen LogP contribution in [0, 0.1) is 17.0 Å². The van der Waals surface area contributed by atoms with Gasteiger partial charge >= 0.3 is 0 Å². The van der Waals surface area contributed by atoms with E-state index in [2.05, 4.69) is 0 Å². The summed E-state index contributed by atoms with van der Waals surface area (Å²) in [6, 6.07) is 2.57. The lowest BCUT2D eigenvalue weighted by atomic mass is 10.0. The van der Waals surface area contributed by atoms with E-state index in [4.69, 9.17) is 4.74 Å². The van der Waals surface area contributed by atoms with Crippen LogP contribution in [0.2, 0.25) is 0 Å². The first-order chi connectivity index (χ1) is 6.97. The van der Waals surface area contributed by atoms with E-state index in [0.29, 0.717) is 16.9 Å². The second-order valence-electron chi connectivity index (χ2n) is 3.13. The van der Waals surface area contributed by atoms with E-state index in [-0.39, 0.29) is 11.5 Å². The zero-order valence-electron chi connectivity index (χ0n) is 8.73. The number of carbonyl (C=O) groups excluding carboxylic acids is 1. The Morgan fingerprint density at radius 1 is 1.47 bits per heavy atom. The number of nitro benzene ring substituents is 1. The van der Waals surface area contributed by atoms with Crippen LogP contribution in [0.15, 0.2) is 12.1 Å². The molecule has 0 atom stereocenters. The van der Waals surface area contributed by atoms with Crippen LogP contribution >= 0.6 is 0 Å². The first-order valence-electron chi connectivity index (χ1n) is 4.31. The third kappa shape index (κ3) is 2.12. The van der Waals surface area contributed by atoms with Crippen LogP contribution in [0.5, 0.6) is 5.75 Å². The number of benzene rings is 1. The highest BCUT2D eigenvalue weighted by Crippen LogP contribution is 2.28. The van der Waals surface area contributed by atoms with Gasteiger partial charge in [-0.25, -0.2) is 0 Å². The minimum atomic E-state index is -0.547. The van der Waals surface area contributed by atoms with E-state index in [1.54, 1.807) is 6.92 Å². The summed E-state index contributed by atoms with van der Waals surface area (Å²) >= 11 is 0. The minimum Gasteiger partial charge on any atom is -0.496 e. The van der Waals surface area contributed by atoms with Gasteiger partial charge in [0.25, 0.3) is 5.69 Å². The van der Waals surface area contributed by atoms with Gasteiger partial charge in [0.15, 0.2) is 5.78 Å². The number of nitro groups is 1. The summed E-state index contributed by atoms with van der Waals surface area (Å²) in [5.41, 5.74) is 0.805. The molecule has 0 spiro atoms. The highest BCUT2D eigenvalue weighted by molar-refractivity contribution is 5.96. The highest BCUT2D eigenvalue weighted by atomic mass is 16.6. The van der Waals surface area contributed by atoms with Crippen LogP contribution in [-0.2, 0) is 0 Å². The number of hydrogen-bond donors (Lipinski definition) is 0. The summed E-state index contributed by atoms with van der Waals surface area (Å²) in [5.74, 6) is 0.143. The van der Waals surface area contributed by atoms with E-state index in [1.807, 2.05) is 0 Å². The molecule has 1 aromatic carbocycles. The lowest BCUT2D eigenvalue weighted by Gasteiger charge is -2.07. The largest absolute Gasteiger partial charge is 0.496 e. The predicted octanol–water partition coefficient (Wildman–Crippen LogP) is 2.11. The van der Waals surface area contributed by atoms with Gasteiger partial charge in [0.05, 0.1) is 18.1 Å². The van der Waals surface area contributed by atoms with Crippen LogP contribution < -0.4 is 4.74 Å². The molecule has 0 bridgehead atoms. The SMILES string of the molecule is COc1cc([N+](=O)[O-])cc(C(C)=O)c1C. The average molecular weight is 209 g/mol. The maximum Gasteiger partial charge on any atom is 0.273 e. The number of carbonyl (C=O) groups is 1. The Labute approximate surface area is 86.8 Å². The number of nitrogens with zero attached hydrogens (tertiary/aromatic N) is 1. The molecule has 0 saturated heterocycles. The van der Waals surface area contributed by atoms with E-state index < -0.39 is 4.92 Å². The van der Waals surface area contributed by atoms with Crippen molar-refractivity contribution in [1.82, 2.24) is 0 Å². The van der Waals surface area contributed by atoms with Gasteiger partial charge in [-0.05, 0) is 13.8 Å². The number of rotatable bonds is 3. The van der Waals surface area contributed by atoms with Crippen molar-refractivity contribution in [3.63, 3.8) is 0 Å². The van der Waals surface area contributed by atoms with E-state index >= 15 is 0 Å². The predicted molar refractivity (Wildman–Crippen MR) is 54.4 cm³/mol. The first kappa shape index (κ1) is 11.2. The van der Waals surface area contributed by atoms with Crippen molar-refractivity contribution < 1.29 is 14.5 Å².